The lowest BCUT2D eigenvalue weighted by atomic mass is 9.49. The van der Waals surface area contributed by atoms with Crippen molar-refractivity contribution in [2.75, 3.05) is 6.54 Å². The van der Waals surface area contributed by atoms with Crippen molar-refractivity contribution in [2.24, 2.45) is 5.41 Å². The molecule has 0 radical (unpaired) electrons. The number of nitrogens with one attached hydrogen (secondary N) is 1. The van der Waals surface area contributed by atoms with E-state index in [0.717, 1.165) is 6.54 Å². The Morgan fingerprint density at radius 3 is 2.25 bits per heavy atom. The van der Waals surface area contributed by atoms with Gasteiger partial charge in [-0.15, -0.1) is 0 Å². The van der Waals surface area contributed by atoms with Gasteiger partial charge in [-0.05, 0) is 48.8 Å². The number of hydrogen-bond acceptors (Lipinski definition) is 1. The Kier molecular flexibility index (Phi) is 3.62. The lowest BCUT2D eigenvalue weighted by molar-refractivity contribution is 0.0257. The molecule has 0 atom stereocenters. The van der Waals surface area contributed by atoms with Crippen molar-refractivity contribution in [1.29, 1.82) is 0 Å². The lowest BCUT2D eigenvalue weighted by Crippen LogP contribution is -2.54. The van der Waals surface area contributed by atoms with Crippen LogP contribution in [-0.4, -0.2) is 12.6 Å². The molecule has 20 heavy (non-hydrogen) atoms. The first-order valence-corrected chi connectivity index (χ1v) is 8.03. The Bertz CT molecular complexity index is 449. The molecule has 0 saturated heterocycles. The Balaban J connectivity index is 1.80. The highest BCUT2D eigenvalue weighted by Crippen LogP contribution is 2.62. The highest BCUT2D eigenvalue weighted by molar-refractivity contribution is 5.32. The molecule has 1 nitrogen and oxygen atoms in total. The van der Waals surface area contributed by atoms with Crippen molar-refractivity contribution in [3.8, 4) is 0 Å². The fourth-order valence-electron chi connectivity index (χ4n) is 4.50. The number of benzene rings is 1. The van der Waals surface area contributed by atoms with Gasteiger partial charge in [0.05, 0.1) is 0 Å². The Labute approximate surface area is 122 Å². The van der Waals surface area contributed by atoms with E-state index in [1.165, 1.54) is 44.1 Å². The number of rotatable bonds is 4. The quantitative estimate of drug-likeness (QED) is 0.858. The van der Waals surface area contributed by atoms with Gasteiger partial charge in [-0.2, -0.15) is 0 Å². The molecule has 2 aliphatic rings. The van der Waals surface area contributed by atoms with E-state index in [1.807, 2.05) is 12.1 Å². The predicted molar refractivity (Wildman–Crippen MR) is 81.4 cm³/mol. The van der Waals surface area contributed by atoms with Gasteiger partial charge < -0.3 is 5.32 Å². The van der Waals surface area contributed by atoms with Crippen molar-refractivity contribution < 1.29 is 4.39 Å². The molecule has 0 aromatic heterocycles. The molecule has 3 rings (SSSR count). The molecule has 0 heterocycles. The molecule has 2 heteroatoms. The van der Waals surface area contributed by atoms with E-state index in [1.54, 1.807) is 12.1 Å². The molecule has 110 valence electrons. The van der Waals surface area contributed by atoms with E-state index in [4.69, 9.17) is 0 Å². The molecular formula is C18H26FN. The second-order valence-electron chi connectivity index (χ2n) is 7.38. The molecule has 0 aliphatic heterocycles. The molecule has 1 N–H and O–H groups in total. The molecular weight excluding hydrogens is 249 g/mol. The SMILES string of the molecule is CC(C)NCC1(c2ccc(F)cc2)CC2(CCCC2)C1. The van der Waals surface area contributed by atoms with Gasteiger partial charge in [-0.3, -0.25) is 0 Å². The number of halogens is 1. The summed E-state index contributed by atoms with van der Waals surface area (Å²) < 4.78 is 13.2. The van der Waals surface area contributed by atoms with Crippen LogP contribution in [0.25, 0.3) is 0 Å². The summed E-state index contributed by atoms with van der Waals surface area (Å²) in [5.74, 6) is -0.129. The second-order valence-corrected chi connectivity index (χ2v) is 7.38. The molecule has 1 aromatic carbocycles. The highest BCUT2D eigenvalue weighted by atomic mass is 19.1. The number of hydrogen-bond donors (Lipinski definition) is 1. The summed E-state index contributed by atoms with van der Waals surface area (Å²) in [4.78, 5) is 0. The maximum Gasteiger partial charge on any atom is 0.123 e. The third-order valence-electron chi connectivity index (χ3n) is 5.40. The van der Waals surface area contributed by atoms with E-state index in [9.17, 15) is 4.39 Å². The summed E-state index contributed by atoms with van der Waals surface area (Å²) in [7, 11) is 0. The molecule has 1 spiro atoms. The third kappa shape index (κ3) is 2.50. The zero-order chi connectivity index (χ0) is 14.2. The maximum absolute atomic E-state index is 13.2. The van der Waals surface area contributed by atoms with Crippen LogP contribution in [0.1, 0.15) is 57.9 Å². The van der Waals surface area contributed by atoms with Gasteiger partial charge in [0.2, 0.25) is 0 Å². The van der Waals surface area contributed by atoms with Crippen molar-refractivity contribution >= 4 is 0 Å². The summed E-state index contributed by atoms with van der Waals surface area (Å²) in [5.41, 5.74) is 2.17. The summed E-state index contributed by atoms with van der Waals surface area (Å²) in [5, 5.41) is 3.61. The molecule has 0 unspecified atom stereocenters. The fourth-order valence-corrected chi connectivity index (χ4v) is 4.50. The van der Waals surface area contributed by atoms with Gasteiger partial charge in [-0.25, -0.2) is 4.39 Å². The van der Waals surface area contributed by atoms with Gasteiger partial charge >= 0.3 is 0 Å². The van der Waals surface area contributed by atoms with Crippen LogP contribution in [0.5, 0.6) is 0 Å². The minimum absolute atomic E-state index is 0.129. The first-order valence-electron chi connectivity index (χ1n) is 8.03. The first kappa shape index (κ1) is 14.1. The fraction of sp³-hybridized carbons (Fsp3) is 0.667. The largest absolute Gasteiger partial charge is 0.314 e. The molecule has 2 aliphatic carbocycles. The minimum atomic E-state index is -0.129. The zero-order valence-corrected chi connectivity index (χ0v) is 12.7. The van der Waals surface area contributed by atoms with Crippen LogP contribution in [0.15, 0.2) is 24.3 Å². The van der Waals surface area contributed by atoms with Gasteiger partial charge in [0.1, 0.15) is 5.82 Å². The van der Waals surface area contributed by atoms with Gasteiger partial charge in [0, 0.05) is 18.0 Å². The van der Waals surface area contributed by atoms with Crippen LogP contribution in [-0.2, 0) is 5.41 Å². The average Bonchev–Trinajstić information content (AvgIpc) is 2.85. The van der Waals surface area contributed by atoms with Crippen molar-refractivity contribution in [2.45, 2.75) is 63.8 Å². The topological polar surface area (TPSA) is 12.0 Å². The third-order valence-corrected chi connectivity index (χ3v) is 5.40. The standard InChI is InChI=1S/C18H26FN/c1-14(2)20-13-18(15-5-7-16(19)8-6-15)11-17(12-18)9-3-4-10-17/h5-8,14,20H,3-4,9-13H2,1-2H3. The van der Waals surface area contributed by atoms with Crippen molar-refractivity contribution in [1.82, 2.24) is 5.32 Å². The Hall–Kier alpha value is -0.890. The van der Waals surface area contributed by atoms with E-state index in [-0.39, 0.29) is 11.2 Å². The van der Waals surface area contributed by atoms with Crippen LogP contribution in [0.4, 0.5) is 4.39 Å². The molecule has 2 fully saturated rings. The average molecular weight is 275 g/mol. The van der Waals surface area contributed by atoms with E-state index >= 15 is 0 Å². The van der Waals surface area contributed by atoms with Crippen LogP contribution < -0.4 is 5.32 Å². The summed E-state index contributed by atoms with van der Waals surface area (Å²) >= 11 is 0. The zero-order valence-electron chi connectivity index (χ0n) is 12.7. The van der Waals surface area contributed by atoms with Crippen molar-refractivity contribution in [3.63, 3.8) is 0 Å². The van der Waals surface area contributed by atoms with Crippen LogP contribution in [0.3, 0.4) is 0 Å². The summed E-state index contributed by atoms with van der Waals surface area (Å²) in [6, 6.07) is 7.74. The molecule has 2 saturated carbocycles. The van der Waals surface area contributed by atoms with Gasteiger partial charge in [0.15, 0.2) is 0 Å². The Morgan fingerprint density at radius 2 is 1.70 bits per heavy atom. The van der Waals surface area contributed by atoms with E-state index in [0.29, 0.717) is 11.5 Å². The summed E-state index contributed by atoms with van der Waals surface area (Å²) in [6.45, 7) is 5.42. The first-order chi connectivity index (χ1) is 9.54. The summed E-state index contributed by atoms with van der Waals surface area (Å²) in [6.07, 6.45) is 8.17. The predicted octanol–water partition coefficient (Wildman–Crippen LogP) is 4.42. The normalized spacial score (nSPS) is 23.2. The van der Waals surface area contributed by atoms with Crippen LogP contribution in [0.2, 0.25) is 0 Å². The second kappa shape index (κ2) is 5.14. The smallest absolute Gasteiger partial charge is 0.123 e. The molecule has 0 amide bonds. The lowest BCUT2D eigenvalue weighted by Gasteiger charge is -2.56. The Morgan fingerprint density at radius 1 is 1.10 bits per heavy atom. The highest BCUT2D eigenvalue weighted by Gasteiger charge is 2.55. The van der Waals surface area contributed by atoms with E-state index in [2.05, 4.69) is 19.2 Å². The van der Waals surface area contributed by atoms with Crippen LogP contribution >= 0.6 is 0 Å². The van der Waals surface area contributed by atoms with E-state index < -0.39 is 0 Å². The molecule has 0 bridgehead atoms. The minimum Gasteiger partial charge on any atom is -0.314 e. The van der Waals surface area contributed by atoms with Gasteiger partial charge in [-0.1, -0.05) is 38.8 Å². The maximum atomic E-state index is 13.2. The monoisotopic (exact) mass is 275 g/mol. The molecule has 1 aromatic rings. The van der Waals surface area contributed by atoms with Crippen molar-refractivity contribution in [3.05, 3.63) is 35.6 Å². The van der Waals surface area contributed by atoms with Crippen LogP contribution in [0, 0.1) is 11.2 Å². The van der Waals surface area contributed by atoms with Gasteiger partial charge in [0.25, 0.3) is 0 Å².